The molecule has 160 valence electrons. The van der Waals surface area contributed by atoms with Gasteiger partial charge in [0.2, 0.25) is 5.91 Å². The van der Waals surface area contributed by atoms with Crippen LogP contribution in [0, 0.1) is 3.57 Å². The Morgan fingerprint density at radius 2 is 1.48 bits per heavy atom. The third-order valence-corrected chi connectivity index (χ3v) is 5.61. The maximum Gasteiger partial charge on any atom is 0.261 e. The molecule has 1 atom stereocenters. The molecule has 3 rings (SSSR count). The number of rotatable bonds is 9. The average Bonchev–Trinajstić information content (AvgIpc) is 2.81. The van der Waals surface area contributed by atoms with Gasteiger partial charge in [0.1, 0.15) is 11.8 Å². The van der Waals surface area contributed by atoms with Gasteiger partial charge in [-0.05, 0) is 58.0 Å². The van der Waals surface area contributed by atoms with Gasteiger partial charge in [0.05, 0.1) is 0 Å². The number of nitrogens with one attached hydrogen (secondary N) is 1. The molecule has 1 unspecified atom stereocenters. The Labute approximate surface area is 196 Å². The minimum absolute atomic E-state index is 0.143. The van der Waals surface area contributed by atoms with Crippen LogP contribution in [0.3, 0.4) is 0 Å². The number of carbonyl (C=O) groups is 2. The van der Waals surface area contributed by atoms with Crippen molar-refractivity contribution in [3.05, 3.63) is 99.6 Å². The van der Waals surface area contributed by atoms with E-state index in [0.717, 1.165) is 14.7 Å². The number of halogens is 1. The fourth-order valence-electron chi connectivity index (χ4n) is 3.26. The maximum atomic E-state index is 13.3. The van der Waals surface area contributed by atoms with Gasteiger partial charge in [-0.25, -0.2) is 0 Å². The second-order valence-electron chi connectivity index (χ2n) is 7.07. The summed E-state index contributed by atoms with van der Waals surface area (Å²) < 4.78 is 6.82. The van der Waals surface area contributed by atoms with Crippen LogP contribution < -0.4 is 10.1 Å². The summed E-state index contributed by atoms with van der Waals surface area (Å²) in [5, 5.41) is 2.71. The number of likely N-dealkylation sites (N-methyl/N-ethyl adjacent to an activating group) is 1. The van der Waals surface area contributed by atoms with E-state index in [1.807, 2.05) is 84.9 Å². The maximum absolute atomic E-state index is 13.3. The van der Waals surface area contributed by atoms with Crippen LogP contribution in [0.15, 0.2) is 84.9 Å². The normalized spacial score (nSPS) is 11.4. The molecule has 0 aliphatic carbocycles. The first-order chi connectivity index (χ1) is 15.1. The Morgan fingerprint density at radius 3 is 2.06 bits per heavy atom. The second-order valence-corrected chi connectivity index (χ2v) is 8.32. The van der Waals surface area contributed by atoms with Crippen LogP contribution >= 0.6 is 22.6 Å². The highest BCUT2D eigenvalue weighted by molar-refractivity contribution is 14.1. The first-order valence-electron chi connectivity index (χ1n) is 10.0. The van der Waals surface area contributed by atoms with E-state index in [1.54, 1.807) is 11.9 Å². The van der Waals surface area contributed by atoms with Crippen molar-refractivity contribution >= 4 is 34.4 Å². The van der Waals surface area contributed by atoms with Crippen molar-refractivity contribution in [2.75, 3.05) is 13.7 Å². The Kier molecular flexibility index (Phi) is 8.46. The monoisotopic (exact) mass is 528 g/mol. The highest BCUT2D eigenvalue weighted by atomic mass is 127. The van der Waals surface area contributed by atoms with E-state index in [0.29, 0.717) is 18.7 Å². The van der Waals surface area contributed by atoms with Crippen LogP contribution in [0.1, 0.15) is 11.1 Å². The van der Waals surface area contributed by atoms with Gasteiger partial charge in [0.15, 0.2) is 6.61 Å². The molecule has 0 aromatic heterocycles. The topological polar surface area (TPSA) is 58.6 Å². The van der Waals surface area contributed by atoms with Gasteiger partial charge in [0.25, 0.3) is 5.91 Å². The van der Waals surface area contributed by atoms with Crippen LogP contribution in [0.4, 0.5) is 0 Å². The van der Waals surface area contributed by atoms with Gasteiger partial charge in [-0.15, -0.1) is 0 Å². The Morgan fingerprint density at radius 1 is 0.903 bits per heavy atom. The van der Waals surface area contributed by atoms with Gasteiger partial charge in [-0.2, -0.15) is 0 Å². The zero-order chi connectivity index (χ0) is 22.1. The molecule has 0 aliphatic heterocycles. The molecule has 0 saturated heterocycles. The number of amides is 2. The number of benzene rings is 3. The molecule has 0 radical (unpaired) electrons. The van der Waals surface area contributed by atoms with Crippen molar-refractivity contribution in [2.45, 2.75) is 19.0 Å². The number of hydrogen-bond acceptors (Lipinski definition) is 3. The predicted octanol–water partition coefficient (Wildman–Crippen LogP) is 4.06. The van der Waals surface area contributed by atoms with Gasteiger partial charge in [0, 0.05) is 23.6 Å². The summed E-state index contributed by atoms with van der Waals surface area (Å²) >= 11 is 2.22. The average molecular weight is 528 g/mol. The van der Waals surface area contributed by atoms with Crippen molar-refractivity contribution in [1.82, 2.24) is 10.2 Å². The lowest BCUT2D eigenvalue weighted by Crippen LogP contribution is -2.51. The van der Waals surface area contributed by atoms with Crippen molar-refractivity contribution in [3.8, 4) is 5.75 Å². The summed E-state index contributed by atoms with van der Waals surface area (Å²) in [6.07, 6.45) is 0.419. The first kappa shape index (κ1) is 22.8. The summed E-state index contributed by atoms with van der Waals surface area (Å²) in [6, 6.07) is 26.2. The van der Waals surface area contributed by atoms with E-state index in [1.165, 1.54) is 0 Å². The molecular weight excluding hydrogens is 503 g/mol. The molecule has 0 fully saturated rings. The van der Waals surface area contributed by atoms with Crippen molar-refractivity contribution in [2.24, 2.45) is 0 Å². The molecule has 2 amide bonds. The molecule has 5 nitrogen and oxygen atoms in total. The first-order valence-corrected chi connectivity index (χ1v) is 11.1. The summed E-state index contributed by atoms with van der Waals surface area (Å²) in [4.78, 5) is 27.7. The lowest BCUT2D eigenvalue weighted by atomic mass is 10.0. The van der Waals surface area contributed by atoms with E-state index in [9.17, 15) is 9.59 Å². The van der Waals surface area contributed by atoms with Crippen LogP contribution in [0.2, 0.25) is 0 Å². The molecule has 3 aromatic carbocycles. The second kappa shape index (κ2) is 11.5. The molecule has 0 aliphatic rings. The molecule has 0 spiro atoms. The van der Waals surface area contributed by atoms with Gasteiger partial charge in [-0.3, -0.25) is 9.59 Å². The number of hydrogen-bond donors (Lipinski definition) is 1. The zero-order valence-electron chi connectivity index (χ0n) is 17.3. The Balaban J connectivity index is 1.83. The summed E-state index contributed by atoms with van der Waals surface area (Å²) in [5.41, 5.74) is 1.94. The smallest absolute Gasteiger partial charge is 0.261 e. The minimum atomic E-state index is -0.652. The highest BCUT2D eigenvalue weighted by Crippen LogP contribution is 2.17. The van der Waals surface area contributed by atoms with E-state index in [2.05, 4.69) is 27.9 Å². The lowest BCUT2D eigenvalue weighted by molar-refractivity contribution is -0.142. The molecule has 31 heavy (non-hydrogen) atoms. The van der Waals surface area contributed by atoms with E-state index in [-0.39, 0.29) is 18.4 Å². The van der Waals surface area contributed by atoms with E-state index < -0.39 is 6.04 Å². The van der Waals surface area contributed by atoms with Crippen LogP contribution in [-0.4, -0.2) is 36.4 Å². The molecule has 1 N–H and O–H groups in total. The molecule has 0 heterocycles. The standard InChI is InChI=1S/C25H25IN2O3/c1-27-25(30)23(16-19-8-4-2-5-9-19)28(17-20-10-6-3-7-11-20)24(29)18-31-22-14-12-21(26)13-15-22/h2-15,23H,16-18H2,1H3,(H,27,30). The SMILES string of the molecule is CNC(=O)C(Cc1ccccc1)N(Cc1ccccc1)C(=O)COc1ccc(I)cc1. The third kappa shape index (κ3) is 6.82. The van der Waals surface area contributed by atoms with E-state index >= 15 is 0 Å². The van der Waals surface area contributed by atoms with Gasteiger partial charge < -0.3 is 15.0 Å². The Hall–Kier alpha value is -2.87. The summed E-state index contributed by atoms with van der Waals surface area (Å²) in [7, 11) is 1.59. The number of carbonyl (C=O) groups excluding carboxylic acids is 2. The van der Waals surface area contributed by atoms with Crippen LogP contribution in [0.5, 0.6) is 5.75 Å². The summed E-state index contributed by atoms with van der Waals surface area (Å²) in [6.45, 7) is 0.177. The molecule has 3 aromatic rings. The molecule has 0 bridgehead atoms. The van der Waals surface area contributed by atoms with Crippen molar-refractivity contribution in [1.29, 1.82) is 0 Å². The Bertz CT molecular complexity index is 979. The van der Waals surface area contributed by atoms with Crippen LogP contribution in [-0.2, 0) is 22.6 Å². The van der Waals surface area contributed by atoms with Gasteiger partial charge in [-0.1, -0.05) is 60.7 Å². The molecular formula is C25H25IN2O3. The largest absolute Gasteiger partial charge is 0.484 e. The van der Waals surface area contributed by atoms with Crippen LogP contribution in [0.25, 0.3) is 0 Å². The fourth-order valence-corrected chi connectivity index (χ4v) is 3.62. The lowest BCUT2D eigenvalue weighted by Gasteiger charge is -2.31. The quantitative estimate of drug-likeness (QED) is 0.427. The van der Waals surface area contributed by atoms with Crippen molar-refractivity contribution in [3.63, 3.8) is 0 Å². The molecule has 6 heteroatoms. The predicted molar refractivity (Wildman–Crippen MR) is 130 cm³/mol. The zero-order valence-corrected chi connectivity index (χ0v) is 19.5. The fraction of sp³-hybridized carbons (Fsp3) is 0.200. The van der Waals surface area contributed by atoms with E-state index in [4.69, 9.17) is 4.74 Å². The van der Waals surface area contributed by atoms with Gasteiger partial charge >= 0.3 is 0 Å². The number of ether oxygens (including phenoxy) is 1. The number of nitrogens with zero attached hydrogens (tertiary/aromatic N) is 1. The van der Waals surface area contributed by atoms with Crippen molar-refractivity contribution < 1.29 is 14.3 Å². The third-order valence-electron chi connectivity index (χ3n) is 4.89. The highest BCUT2D eigenvalue weighted by Gasteiger charge is 2.30. The molecule has 0 saturated carbocycles. The summed E-state index contributed by atoms with van der Waals surface area (Å²) in [5.74, 6) is 0.169. The minimum Gasteiger partial charge on any atom is -0.484 e.